The van der Waals surface area contributed by atoms with Crippen LogP contribution >= 0.6 is 0 Å². The van der Waals surface area contributed by atoms with E-state index >= 15 is 0 Å². The zero-order chi connectivity index (χ0) is 21.3. The Morgan fingerprint density at radius 2 is 2.00 bits per heavy atom. The third-order valence-corrected chi connectivity index (χ3v) is 6.83. The molecular weight excluding hydrogens is 378 g/mol. The highest BCUT2D eigenvalue weighted by molar-refractivity contribution is 5.96. The van der Waals surface area contributed by atoms with Gasteiger partial charge in [-0.1, -0.05) is 37.1 Å². The molecule has 1 amide bonds. The summed E-state index contributed by atoms with van der Waals surface area (Å²) in [5, 5.41) is 21.6. The van der Waals surface area contributed by atoms with Gasteiger partial charge < -0.3 is 19.8 Å². The predicted octanol–water partition coefficient (Wildman–Crippen LogP) is 4.61. The Labute approximate surface area is 178 Å². The third kappa shape index (κ3) is 3.67. The molecule has 30 heavy (non-hydrogen) atoms. The van der Waals surface area contributed by atoms with Crippen LogP contribution in [0.1, 0.15) is 66.6 Å². The Morgan fingerprint density at radius 1 is 1.20 bits per heavy atom. The topological polar surface area (TPSA) is 70.0 Å². The standard InChI is InChI=1S/C25H31NO4/c1-3-30-22-16-18(11-12-21(22)27)23-20-10-6-7-13-25(20,29)14-15-26(23)24(28)19-9-5-4-8-17(19)2/h4-5,8-9,11-12,16,20,23,27,29H,3,6-7,10,13-15H2,1-2H3/t20-,23+,25+/m0/s1. The molecule has 0 aromatic heterocycles. The predicted molar refractivity (Wildman–Crippen MR) is 116 cm³/mol. The van der Waals surface area contributed by atoms with Crippen molar-refractivity contribution in [2.24, 2.45) is 5.92 Å². The summed E-state index contributed by atoms with van der Waals surface area (Å²) in [5.41, 5.74) is 1.80. The smallest absolute Gasteiger partial charge is 0.254 e. The van der Waals surface area contributed by atoms with Crippen molar-refractivity contribution in [3.63, 3.8) is 0 Å². The molecule has 5 nitrogen and oxygen atoms in total. The molecule has 1 saturated heterocycles. The summed E-state index contributed by atoms with van der Waals surface area (Å²) in [7, 11) is 0. The maximum atomic E-state index is 13.6. The number of phenolic OH excluding ortho intramolecular Hbond substituents is 1. The number of phenols is 1. The average molecular weight is 410 g/mol. The van der Waals surface area contributed by atoms with Crippen molar-refractivity contribution in [3.05, 3.63) is 59.2 Å². The van der Waals surface area contributed by atoms with E-state index in [1.807, 2.05) is 55.1 Å². The molecule has 2 aliphatic rings. The lowest BCUT2D eigenvalue weighted by Gasteiger charge is -2.52. The summed E-state index contributed by atoms with van der Waals surface area (Å²) < 4.78 is 5.61. The van der Waals surface area contributed by atoms with Crippen LogP contribution in [0.2, 0.25) is 0 Å². The number of nitrogens with zero attached hydrogens (tertiary/aromatic N) is 1. The van der Waals surface area contributed by atoms with Crippen LogP contribution in [0.4, 0.5) is 0 Å². The average Bonchev–Trinajstić information content (AvgIpc) is 2.74. The molecule has 1 aliphatic heterocycles. The molecule has 2 N–H and O–H groups in total. The zero-order valence-electron chi connectivity index (χ0n) is 17.8. The van der Waals surface area contributed by atoms with Crippen LogP contribution in [0.25, 0.3) is 0 Å². The van der Waals surface area contributed by atoms with Gasteiger partial charge in [0, 0.05) is 18.0 Å². The number of amides is 1. The molecule has 1 heterocycles. The highest BCUT2D eigenvalue weighted by Gasteiger charge is 2.50. The number of likely N-dealkylation sites (tertiary alicyclic amines) is 1. The van der Waals surface area contributed by atoms with E-state index < -0.39 is 5.60 Å². The number of hydrogen-bond donors (Lipinski definition) is 2. The summed E-state index contributed by atoms with van der Waals surface area (Å²) in [6.07, 6.45) is 4.32. The lowest BCUT2D eigenvalue weighted by molar-refractivity contribution is -0.115. The second-order valence-electron chi connectivity index (χ2n) is 8.62. The Hall–Kier alpha value is -2.53. The number of carbonyl (C=O) groups is 1. The van der Waals surface area contributed by atoms with E-state index in [4.69, 9.17) is 4.74 Å². The van der Waals surface area contributed by atoms with Gasteiger partial charge >= 0.3 is 0 Å². The van der Waals surface area contributed by atoms with E-state index in [9.17, 15) is 15.0 Å². The largest absolute Gasteiger partial charge is 0.504 e. The number of piperidine rings is 1. The number of aliphatic hydroxyl groups is 1. The monoisotopic (exact) mass is 409 g/mol. The van der Waals surface area contributed by atoms with Crippen LogP contribution in [0.5, 0.6) is 11.5 Å². The van der Waals surface area contributed by atoms with Gasteiger partial charge in [0.1, 0.15) is 0 Å². The number of aryl methyl sites for hydroxylation is 1. The van der Waals surface area contributed by atoms with Crippen molar-refractivity contribution in [3.8, 4) is 11.5 Å². The van der Waals surface area contributed by atoms with Gasteiger partial charge in [-0.25, -0.2) is 0 Å². The minimum absolute atomic E-state index is 0.00300. The van der Waals surface area contributed by atoms with Crippen molar-refractivity contribution >= 4 is 5.91 Å². The first kappa shape index (κ1) is 20.7. The molecule has 0 bridgehead atoms. The minimum atomic E-state index is -0.755. The van der Waals surface area contributed by atoms with Gasteiger partial charge in [-0.15, -0.1) is 0 Å². The third-order valence-electron chi connectivity index (χ3n) is 6.83. The summed E-state index contributed by atoms with van der Waals surface area (Å²) in [5.74, 6) is 0.471. The molecule has 3 atom stereocenters. The quantitative estimate of drug-likeness (QED) is 0.774. The lowest BCUT2D eigenvalue weighted by Crippen LogP contribution is -2.56. The molecule has 2 aromatic rings. The molecule has 5 heteroatoms. The Bertz CT molecular complexity index is 927. The number of benzene rings is 2. The van der Waals surface area contributed by atoms with Crippen molar-refractivity contribution in [2.45, 2.75) is 57.6 Å². The lowest BCUT2D eigenvalue weighted by atomic mass is 9.66. The van der Waals surface area contributed by atoms with Crippen LogP contribution in [0.15, 0.2) is 42.5 Å². The number of carbonyl (C=O) groups excluding carboxylic acids is 1. The van der Waals surface area contributed by atoms with Gasteiger partial charge in [0.05, 0.1) is 18.2 Å². The first-order valence-electron chi connectivity index (χ1n) is 11.0. The maximum Gasteiger partial charge on any atom is 0.254 e. The second kappa shape index (κ2) is 8.31. The van der Waals surface area contributed by atoms with Crippen LogP contribution in [-0.4, -0.2) is 39.8 Å². The highest BCUT2D eigenvalue weighted by atomic mass is 16.5. The van der Waals surface area contributed by atoms with E-state index in [0.717, 1.165) is 36.8 Å². The van der Waals surface area contributed by atoms with Gasteiger partial charge in [0.25, 0.3) is 5.91 Å². The number of fused-ring (bicyclic) bond motifs is 1. The number of hydrogen-bond acceptors (Lipinski definition) is 4. The van der Waals surface area contributed by atoms with Gasteiger partial charge in [0.15, 0.2) is 11.5 Å². The van der Waals surface area contributed by atoms with Crippen molar-refractivity contribution < 1.29 is 19.7 Å². The van der Waals surface area contributed by atoms with Crippen molar-refractivity contribution in [1.82, 2.24) is 4.90 Å². The first-order chi connectivity index (χ1) is 14.4. The van der Waals surface area contributed by atoms with Crippen LogP contribution in [-0.2, 0) is 0 Å². The van der Waals surface area contributed by atoms with Crippen molar-refractivity contribution in [1.29, 1.82) is 0 Å². The van der Waals surface area contributed by atoms with Gasteiger partial charge in [-0.2, -0.15) is 0 Å². The SMILES string of the molecule is CCOc1cc([C@@H]2[C@@H]3CCCC[C@@]3(O)CCN2C(=O)c2ccccc2C)ccc1O. The molecule has 1 aliphatic carbocycles. The normalized spacial score (nSPS) is 26.2. The Kier molecular flexibility index (Phi) is 5.74. The fourth-order valence-electron chi connectivity index (χ4n) is 5.28. The highest BCUT2D eigenvalue weighted by Crippen LogP contribution is 2.50. The summed E-state index contributed by atoms with van der Waals surface area (Å²) >= 11 is 0. The zero-order valence-corrected chi connectivity index (χ0v) is 17.8. The fraction of sp³-hybridized carbons (Fsp3) is 0.480. The number of rotatable bonds is 4. The molecule has 1 saturated carbocycles. The van der Waals surface area contributed by atoms with Gasteiger partial charge in [0.2, 0.25) is 0 Å². The molecule has 0 radical (unpaired) electrons. The maximum absolute atomic E-state index is 13.6. The van der Waals surface area contributed by atoms with Crippen LogP contribution < -0.4 is 4.74 Å². The van der Waals surface area contributed by atoms with E-state index in [1.54, 1.807) is 6.07 Å². The molecule has 160 valence electrons. The number of ether oxygens (including phenoxy) is 1. The van der Waals surface area contributed by atoms with E-state index in [0.29, 0.717) is 30.9 Å². The summed E-state index contributed by atoms with van der Waals surface area (Å²) in [4.78, 5) is 15.5. The first-order valence-corrected chi connectivity index (χ1v) is 11.0. The summed E-state index contributed by atoms with van der Waals surface area (Å²) in [6.45, 7) is 4.79. The molecule has 0 spiro atoms. The molecule has 0 unspecified atom stereocenters. The van der Waals surface area contributed by atoms with E-state index in [1.165, 1.54) is 0 Å². The van der Waals surface area contributed by atoms with Gasteiger partial charge in [-0.05, 0) is 62.4 Å². The van der Waals surface area contributed by atoms with E-state index in [2.05, 4.69) is 0 Å². The van der Waals surface area contributed by atoms with Crippen LogP contribution in [0.3, 0.4) is 0 Å². The van der Waals surface area contributed by atoms with Crippen molar-refractivity contribution in [2.75, 3.05) is 13.2 Å². The molecule has 2 aromatic carbocycles. The molecule has 4 rings (SSSR count). The molecule has 2 fully saturated rings. The molecular formula is C25H31NO4. The number of aromatic hydroxyl groups is 1. The Balaban J connectivity index is 1.78. The second-order valence-corrected chi connectivity index (χ2v) is 8.62. The fourth-order valence-corrected chi connectivity index (χ4v) is 5.28. The van der Waals surface area contributed by atoms with E-state index in [-0.39, 0.29) is 23.6 Å². The van der Waals surface area contributed by atoms with Gasteiger partial charge in [-0.3, -0.25) is 4.79 Å². The summed E-state index contributed by atoms with van der Waals surface area (Å²) in [6, 6.07) is 12.7. The Morgan fingerprint density at radius 3 is 2.77 bits per heavy atom. The minimum Gasteiger partial charge on any atom is -0.504 e. The van der Waals surface area contributed by atoms with Crippen LogP contribution in [0, 0.1) is 12.8 Å².